The first-order valence-corrected chi connectivity index (χ1v) is 43.0. The third-order valence-electron chi connectivity index (χ3n) is 25.1. The Morgan fingerprint density at radius 3 is 0.976 bits per heavy atom. The molecule has 0 aliphatic carbocycles. The van der Waals surface area contributed by atoms with Crippen molar-refractivity contribution in [2.24, 2.45) is 0 Å². The fourth-order valence-electron chi connectivity index (χ4n) is 18.2. The Bertz CT molecular complexity index is 8120. The van der Waals surface area contributed by atoms with Gasteiger partial charge in [-0.05, 0) is 207 Å². The molecule has 7 nitrogen and oxygen atoms in total. The molecule has 614 valence electrons. The van der Waals surface area contributed by atoms with Crippen LogP contribution in [0.3, 0.4) is 0 Å². The molecule has 125 heavy (non-hydrogen) atoms. The zero-order valence-electron chi connectivity index (χ0n) is 92.0. The molecule has 2 aliphatic heterocycles. The highest BCUT2D eigenvalue weighted by molar-refractivity contribution is 7.00. The van der Waals surface area contributed by atoms with Crippen molar-refractivity contribution >= 4 is 101 Å². The molecule has 15 aromatic carbocycles. The lowest BCUT2D eigenvalue weighted by molar-refractivity contribution is 0.569. The van der Waals surface area contributed by atoms with Gasteiger partial charge >= 0.3 is 0 Å². The minimum absolute atomic E-state index is 0.0646. The standard InChI is InChI=1S/C117H108BN7/c1-112(2,3)80-52-58-100-93(65-80)94-66-81(113(4,5)6)53-59-101(94)123(100)87-55-57-97-103(72-87)125(108-92(75-42-28-21-29-43-75)69-85(117(16,17)18)70-95(108)111-120-109(76-44-30-22-31-45-76)119-110(121-111)77-46-32-23-33-47-77)105-63-79(78-60-82(114(7,8)9)64-83(61-78)115(10,11)12)62-104-106(105)118(97)96-56-54-86(122-98-50-36-34-48-88(98)89-49-35-37-51-99(89)122)71-102(96)124(104)107-90(73-38-24-19-25-39-73)67-84(116(13,14)15)68-91(107)74-40-26-20-27-41-74/h19-72H,1-18H3/i22D,23D,30D,31D,32D,33D,34D,35D,36D,37D,44D,45D,46D,47D,48D,49D,50D,51D. The molecular formula is C117H108BN7. The highest BCUT2D eigenvalue weighted by Gasteiger charge is 2.47. The van der Waals surface area contributed by atoms with Crippen LogP contribution in [0.15, 0.2) is 327 Å². The van der Waals surface area contributed by atoms with Gasteiger partial charge in [0.1, 0.15) is 0 Å². The molecule has 0 saturated carbocycles. The van der Waals surface area contributed by atoms with Crippen molar-refractivity contribution in [3.63, 3.8) is 0 Å². The van der Waals surface area contributed by atoms with Gasteiger partial charge in [0, 0.05) is 89.0 Å². The van der Waals surface area contributed by atoms with E-state index in [0.717, 1.165) is 111 Å². The average molecular weight is 1640 g/mol. The van der Waals surface area contributed by atoms with Crippen LogP contribution in [0, 0.1) is 0 Å². The summed E-state index contributed by atoms with van der Waals surface area (Å²) in [4.78, 5) is 20.5. The summed E-state index contributed by atoms with van der Waals surface area (Å²) >= 11 is 0. The molecule has 0 radical (unpaired) electrons. The Morgan fingerprint density at radius 1 is 0.248 bits per heavy atom. The number of nitrogens with zero attached hydrogens (tertiary/aromatic N) is 7. The van der Waals surface area contributed by atoms with Crippen molar-refractivity contribution in [3.05, 3.63) is 361 Å². The molecule has 5 heterocycles. The fourth-order valence-corrected chi connectivity index (χ4v) is 18.2. The van der Waals surface area contributed by atoms with E-state index < -0.39 is 160 Å². The maximum atomic E-state index is 10.1. The highest BCUT2D eigenvalue weighted by Crippen LogP contribution is 2.57. The molecular weight excluding hydrogens is 1510 g/mol. The summed E-state index contributed by atoms with van der Waals surface area (Å²) in [6.07, 6.45) is 0. The number of aromatic nitrogens is 5. The van der Waals surface area contributed by atoms with Gasteiger partial charge in [-0.1, -0.05) is 355 Å². The number of anilines is 6. The summed E-state index contributed by atoms with van der Waals surface area (Å²) in [5.41, 5.74) is 17.6. The number of hydrogen-bond donors (Lipinski definition) is 0. The highest BCUT2D eigenvalue weighted by atomic mass is 15.2. The van der Waals surface area contributed by atoms with E-state index in [1.54, 1.807) is 4.57 Å². The molecule has 0 atom stereocenters. The van der Waals surface area contributed by atoms with Gasteiger partial charge in [0.2, 0.25) is 0 Å². The summed E-state index contributed by atoms with van der Waals surface area (Å²) in [6, 6.07) is 65.6. The Labute approximate surface area is 763 Å². The summed E-state index contributed by atoms with van der Waals surface area (Å²) in [5.74, 6) is -1.09. The smallest absolute Gasteiger partial charge is 0.252 e. The van der Waals surface area contributed by atoms with Crippen LogP contribution in [0.2, 0.25) is 0 Å². The van der Waals surface area contributed by atoms with Crippen molar-refractivity contribution < 1.29 is 24.7 Å². The van der Waals surface area contributed by atoms with E-state index >= 15 is 0 Å². The fraction of sp³-hybridized carbons (Fsp3) is 0.205. The Kier molecular flexibility index (Phi) is 14.7. The monoisotopic (exact) mass is 1640 g/mol. The first-order chi connectivity index (χ1) is 67.2. The van der Waals surface area contributed by atoms with Crippen LogP contribution >= 0.6 is 0 Å². The van der Waals surface area contributed by atoms with Crippen LogP contribution in [0.5, 0.6) is 0 Å². The molecule has 2 aliphatic rings. The summed E-state index contributed by atoms with van der Waals surface area (Å²) in [7, 11) is 0. The van der Waals surface area contributed by atoms with E-state index in [0.29, 0.717) is 50.9 Å². The second kappa shape index (κ2) is 29.7. The number of hydrogen-bond acceptors (Lipinski definition) is 5. The van der Waals surface area contributed by atoms with Crippen molar-refractivity contribution in [1.29, 1.82) is 0 Å². The summed E-state index contributed by atoms with van der Waals surface area (Å²) < 4.78 is 176. The van der Waals surface area contributed by atoms with E-state index in [1.165, 1.54) is 0 Å². The molecule has 0 N–H and O–H groups in total. The number of rotatable bonds is 11. The molecule has 0 fully saturated rings. The Balaban J connectivity index is 1.05. The number of para-hydroxylation sites is 2. The van der Waals surface area contributed by atoms with Crippen LogP contribution in [0.25, 0.3) is 134 Å². The van der Waals surface area contributed by atoms with Crippen LogP contribution in [0.4, 0.5) is 34.1 Å². The molecule has 0 bridgehead atoms. The first-order valence-electron chi connectivity index (χ1n) is 52.0. The first kappa shape index (κ1) is 61.8. The number of benzene rings is 15. The molecule has 0 unspecified atom stereocenters. The van der Waals surface area contributed by atoms with E-state index in [2.05, 4.69) is 272 Å². The minimum atomic E-state index is -0.842. The largest absolute Gasteiger partial charge is 0.310 e. The van der Waals surface area contributed by atoms with Crippen LogP contribution < -0.4 is 26.2 Å². The van der Waals surface area contributed by atoms with Crippen molar-refractivity contribution in [3.8, 4) is 90.0 Å². The van der Waals surface area contributed by atoms with E-state index in [-0.39, 0.29) is 44.0 Å². The zero-order valence-corrected chi connectivity index (χ0v) is 74.0. The van der Waals surface area contributed by atoms with Gasteiger partial charge in [-0.3, -0.25) is 0 Å². The molecule has 18 aromatic rings. The maximum absolute atomic E-state index is 10.1. The van der Waals surface area contributed by atoms with Gasteiger partial charge in [0.25, 0.3) is 6.71 Å². The molecule has 8 heteroatoms. The van der Waals surface area contributed by atoms with Crippen LogP contribution in [-0.4, -0.2) is 30.8 Å². The minimum Gasteiger partial charge on any atom is -0.310 e. The van der Waals surface area contributed by atoms with Gasteiger partial charge < -0.3 is 18.9 Å². The normalized spacial score (nSPS) is 15.2. The van der Waals surface area contributed by atoms with Gasteiger partial charge in [0.05, 0.1) is 58.1 Å². The molecule has 3 aromatic heterocycles. The SMILES string of the molecule is [2H]c1c([2H])c([2H])c(-c2nc(-c3cc(C(C)(C)C)cc(-c4ccccc4)c3N3c4cc(-n5c6ccc(C(C)(C)C)cc6c6cc(C(C)(C)C)ccc65)ccc4B4c5ccc(-n6c7c([2H])c([2H])c([2H])c([2H])c7c7c([2H])c([2H])c([2H])c([2H])c76)cc5N(c5c(-c6ccccc6)cc(C(C)(C)C)cc5-c5ccccc5)c5cc(-c6cc(C(C)(C)C)cc(C(C)(C)C)c6)cc3c54)nc(-c3c([2H])c([2H])c([2H])c([2H])c3[2H])n2)c([2H])c1[2H]. The molecule has 0 amide bonds. The summed E-state index contributed by atoms with van der Waals surface area (Å²) in [6.45, 7) is 38.6. The average Bonchev–Trinajstić information content (AvgIpc) is 1.24. The van der Waals surface area contributed by atoms with Crippen LogP contribution in [-0.2, 0) is 32.5 Å². The molecule has 0 spiro atoms. The number of fused-ring (bicyclic) bond motifs is 10. The predicted molar refractivity (Wildman–Crippen MR) is 533 cm³/mol. The Morgan fingerprint density at radius 2 is 0.584 bits per heavy atom. The topological polar surface area (TPSA) is 55.0 Å². The maximum Gasteiger partial charge on any atom is 0.252 e. The second-order valence-corrected chi connectivity index (χ2v) is 39.6. The van der Waals surface area contributed by atoms with Gasteiger partial charge in [-0.2, -0.15) is 0 Å². The predicted octanol–water partition coefficient (Wildman–Crippen LogP) is 29.6. The van der Waals surface area contributed by atoms with Crippen molar-refractivity contribution in [2.75, 3.05) is 9.80 Å². The van der Waals surface area contributed by atoms with Gasteiger partial charge in [0.15, 0.2) is 17.5 Å². The third kappa shape index (κ3) is 14.1. The quantitative estimate of drug-likeness (QED) is 0.121. The lowest BCUT2D eigenvalue weighted by Crippen LogP contribution is -2.61. The Hall–Kier alpha value is -13.4. The van der Waals surface area contributed by atoms with E-state index in [4.69, 9.17) is 17.7 Å². The van der Waals surface area contributed by atoms with Crippen molar-refractivity contribution in [2.45, 2.75) is 157 Å². The molecule has 0 saturated heterocycles. The molecule has 20 rings (SSSR count). The van der Waals surface area contributed by atoms with Crippen molar-refractivity contribution in [1.82, 2.24) is 24.1 Å². The second-order valence-electron chi connectivity index (χ2n) is 39.6. The van der Waals surface area contributed by atoms with Gasteiger partial charge in [-0.15, -0.1) is 0 Å². The van der Waals surface area contributed by atoms with Crippen LogP contribution in [0.1, 0.15) is 183 Å². The third-order valence-corrected chi connectivity index (χ3v) is 25.1. The van der Waals surface area contributed by atoms with E-state index in [9.17, 15) is 21.9 Å². The lowest BCUT2D eigenvalue weighted by Gasteiger charge is -2.46. The summed E-state index contributed by atoms with van der Waals surface area (Å²) in [5, 5.41) is 1.88. The lowest BCUT2D eigenvalue weighted by atomic mass is 9.33. The zero-order chi connectivity index (χ0) is 102. The van der Waals surface area contributed by atoms with E-state index in [1.807, 2.05) is 84.9 Å². The van der Waals surface area contributed by atoms with Gasteiger partial charge in [-0.25, -0.2) is 15.0 Å².